The lowest BCUT2D eigenvalue weighted by molar-refractivity contribution is 0.242. The molecule has 1 saturated heterocycles. The number of hydrogen-bond donors (Lipinski definition) is 1. The molecule has 0 radical (unpaired) electrons. The first-order valence-electron chi connectivity index (χ1n) is 6.60. The fourth-order valence-corrected chi connectivity index (χ4v) is 4.27. The molecule has 1 aromatic carbocycles. The summed E-state index contributed by atoms with van der Waals surface area (Å²) in [5.74, 6) is 1.31. The van der Waals surface area contributed by atoms with Gasteiger partial charge in [0.15, 0.2) is 9.84 Å². The number of rotatable bonds is 4. The van der Waals surface area contributed by atoms with Gasteiger partial charge >= 0.3 is 0 Å². The average Bonchev–Trinajstić information content (AvgIpc) is 2.69. The highest BCUT2D eigenvalue weighted by atomic mass is 32.2. The maximum atomic E-state index is 11.5. The highest BCUT2D eigenvalue weighted by Gasteiger charge is 2.32. The van der Waals surface area contributed by atoms with Crippen molar-refractivity contribution < 1.29 is 13.2 Å². The van der Waals surface area contributed by atoms with Gasteiger partial charge in [0.25, 0.3) is 0 Å². The van der Waals surface area contributed by atoms with Gasteiger partial charge in [-0.1, -0.05) is 12.1 Å². The van der Waals surface area contributed by atoms with Gasteiger partial charge in [-0.2, -0.15) is 0 Å². The summed E-state index contributed by atoms with van der Waals surface area (Å²) in [6, 6.07) is 7.41. The van der Waals surface area contributed by atoms with Gasteiger partial charge in [0.1, 0.15) is 5.75 Å². The lowest BCUT2D eigenvalue weighted by Gasteiger charge is -2.19. The molecule has 1 aliphatic heterocycles. The molecule has 1 heterocycles. The van der Waals surface area contributed by atoms with Crippen molar-refractivity contribution in [3.8, 4) is 5.75 Å². The molecule has 1 aliphatic rings. The van der Waals surface area contributed by atoms with Crippen LogP contribution in [0.15, 0.2) is 24.3 Å². The second-order valence-corrected chi connectivity index (χ2v) is 7.65. The molecule has 0 spiro atoms. The Morgan fingerprint density at radius 1 is 1.26 bits per heavy atom. The number of nitrogens with two attached hydrogens (primary N) is 1. The Labute approximate surface area is 114 Å². The number of benzene rings is 1. The minimum Gasteiger partial charge on any atom is -0.491 e. The minimum absolute atomic E-state index is 0.0295. The van der Waals surface area contributed by atoms with Crippen LogP contribution in [0.5, 0.6) is 5.75 Å². The van der Waals surface area contributed by atoms with Gasteiger partial charge in [0, 0.05) is 6.04 Å². The number of sulfone groups is 1. The SMILES string of the molecule is CC(C)Oc1ccc(C(N)C2CCS(=O)(=O)C2)cc1. The van der Waals surface area contributed by atoms with Crippen LogP contribution in [-0.2, 0) is 9.84 Å². The van der Waals surface area contributed by atoms with E-state index in [1.165, 1.54) is 0 Å². The number of ether oxygens (including phenoxy) is 1. The van der Waals surface area contributed by atoms with Gasteiger partial charge in [-0.3, -0.25) is 0 Å². The Morgan fingerprint density at radius 2 is 1.89 bits per heavy atom. The van der Waals surface area contributed by atoms with Gasteiger partial charge in [-0.25, -0.2) is 8.42 Å². The molecule has 0 aliphatic carbocycles. The van der Waals surface area contributed by atoms with E-state index in [9.17, 15) is 8.42 Å². The van der Waals surface area contributed by atoms with Crippen molar-refractivity contribution >= 4 is 9.84 Å². The Bertz CT molecular complexity index is 522. The highest BCUT2D eigenvalue weighted by molar-refractivity contribution is 7.91. The largest absolute Gasteiger partial charge is 0.491 e. The Balaban J connectivity index is 2.06. The van der Waals surface area contributed by atoms with Crippen molar-refractivity contribution in [3.63, 3.8) is 0 Å². The second-order valence-electron chi connectivity index (χ2n) is 5.42. The summed E-state index contributed by atoms with van der Waals surface area (Å²) in [5, 5.41) is 0. The summed E-state index contributed by atoms with van der Waals surface area (Å²) in [4.78, 5) is 0. The quantitative estimate of drug-likeness (QED) is 0.916. The molecule has 0 aromatic heterocycles. The molecule has 0 bridgehead atoms. The zero-order valence-electron chi connectivity index (χ0n) is 11.4. The van der Waals surface area contributed by atoms with E-state index in [0.29, 0.717) is 6.42 Å². The molecule has 0 amide bonds. The van der Waals surface area contributed by atoms with Crippen LogP contribution >= 0.6 is 0 Å². The lowest BCUT2D eigenvalue weighted by Crippen LogP contribution is -2.22. The summed E-state index contributed by atoms with van der Waals surface area (Å²) in [7, 11) is -2.88. The monoisotopic (exact) mass is 283 g/mol. The summed E-state index contributed by atoms with van der Waals surface area (Å²) in [5.41, 5.74) is 7.14. The van der Waals surface area contributed by atoms with Crippen LogP contribution in [0, 0.1) is 5.92 Å². The third-order valence-corrected chi connectivity index (χ3v) is 5.21. The topological polar surface area (TPSA) is 69.4 Å². The molecule has 1 aromatic rings. The van der Waals surface area contributed by atoms with E-state index < -0.39 is 9.84 Å². The van der Waals surface area contributed by atoms with Crippen molar-refractivity contribution in [1.82, 2.24) is 0 Å². The van der Waals surface area contributed by atoms with Gasteiger partial charge in [0.2, 0.25) is 0 Å². The first kappa shape index (κ1) is 14.3. The summed E-state index contributed by atoms with van der Waals surface area (Å²) >= 11 is 0. The van der Waals surface area contributed by atoms with E-state index in [1.54, 1.807) is 0 Å². The van der Waals surface area contributed by atoms with Gasteiger partial charge in [0.05, 0.1) is 17.6 Å². The van der Waals surface area contributed by atoms with Crippen molar-refractivity contribution in [2.45, 2.75) is 32.4 Å². The third-order valence-electron chi connectivity index (χ3n) is 3.41. The standard InChI is InChI=1S/C14H21NO3S/c1-10(2)18-13-5-3-11(4-6-13)14(15)12-7-8-19(16,17)9-12/h3-6,10,12,14H,7-9,15H2,1-2H3. The van der Waals surface area contributed by atoms with E-state index in [1.807, 2.05) is 38.1 Å². The predicted molar refractivity (Wildman–Crippen MR) is 75.9 cm³/mol. The molecule has 19 heavy (non-hydrogen) atoms. The van der Waals surface area contributed by atoms with E-state index in [-0.39, 0.29) is 29.6 Å². The van der Waals surface area contributed by atoms with Crippen molar-refractivity contribution in [3.05, 3.63) is 29.8 Å². The van der Waals surface area contributed by atoms with Crippen LogP contribution in [0.4, 0.5) is 0 Å². The fourth-order valence-electron chi connectivity index (χ4n) is 2.42. The van der Waals surface area contributed by atoms with Gasteiger partial charge < -0.3 is 10.5 Å². The van der Waals surface area contributed by atoms with Crippen LogP contribution in [0.1, 0.15) is 31.9 Å². The average molecular weight is 283 g/mol. The van der Waals surface area contributed by atoms with E-state index in [0.717, 1.165) is 11.3 Å². The maximum Gasteiger partial charge on any atom is 0.150 e. The van der Waals surface area contributed by atoms with Crippen LogP contribution in [0.3, 0.4) is 0 Å². The fraction of sp³-hybridized carbons (Fsp3) is 0.571. The smallest absolute Gasteiger partial charge is 0.150 e. The second kappa shape index (κ2) is 5.51. The van der Waals surface area contributed by atoms with Gasteiger partial charge in [-0.05, 0) is 43.9 Å². The van der Waals surface area contributed by atoms with Crippen molar-refractivity contribution in [2.75, 3.05) is 11.5 Å². The summed E-state index contributed by atoms with van der Waals surface area (Å²) in [6.45, 7) is 3.95. The summed E-state index contributed by atoms with van der Waals surface area (Å²) in [6.07, 6.45) is 0.799. The molecular weight excluding hydrogens is 262 g/mol. The first-order valence-corrected chi connectivity index (χ1v) is 8.42. The normalized spacial score (nSPS) is 23.5. The molecule has 0 saturated carbocycles. The molecular formula is C14H21NO3S. The minimum atomic E-state index is -2.88. The van der Waals surface area contributed by atoms with Crippen molar-refractivity contribution in [1.29, 1.82) is 0 Å². The molecule has 2 atom stereocenters. The molecule has 1 fully saturated rings. The Hall–Kier alpha value is -1.07. The molecule has 2 rings (SSSR count). The molecule has 2 N–H and O–H groups in total. The van der Waals surface area contributed by atoms with Crippen LogP contribution < -0.4 is 10.5 Å². The summed E-state index contributed by atoms with van der Waals surface area (Å²) < 4.78 is 28.5. The first-order chi connectivity index (χ1) is 8.87. The predicted octanol–water partition coefficient (Wildman–Crippen LogP) is 1.91. The molecule has 4 nitrogen and oxygen atoms in total. The maximum absolute atomic E-state index is 11.5. The van der Waals surface area contributed by atoms with Crippen LogP contribution in [0.25, 0.3) is 0 Å². The van der Waals surface area contributed by atoms with Gasteiger partial charge in [-0.15, -0.1) is 0 Å². The van der Waals surface area contributed by atoms with Crippen LogP contribution in [0.2, 0.25) is 0 Å². The zero-order valence-corrected chi connectivity index (χ0v) is 12.2. The molecule has 106 valence electrons. The molecule has 5 heteroatoms. The lowest BCUT2D eigenvalue weighted by atomic mass is 9.93. The Morgan fingerprint density at radius 3 is 2.37 bits per heavy atom. The Kier molecular flexibility index (Phi) is 4.16. The van der Waals surface area contributed by atoms with E-state index in [2.05, 4.69) is 0 Å². The highest BCUT2D eigenvalue weighted by Crippen LogP contribution is 2.30. The van der Waals surface area contributed by atoms with E-state index in [4.69, 9.17) is 10.5 Å². The van der Waals surface area contributed by atoms with Crippen LogP contribution in [-0.4, -0.2) is 26.0 Å². The van der Waals surface area contributed by atoms with Crippen molar-refractivity contribution in [2.24, 2.45) is 11.7 Å². The van der Waals surface area contributed by atoms with E-state index >= 15 is 0 Å². The number of hydrogen-bond acceptors (Lipinski definition) is 4. The third kappa shape index (κ3) is 3.70. The zero-order chi connectivity index (χ0) is 14.0. The molecule has 2 unspecified atom stereocenters.